The average Bonchev–Trinajstić information content (AvgIpc) is 2.44. The van der Waals surface area contributed by atoms with Crippen LogP contribution < -0.4 is 5.32 Å². The number of halogens is 2. The van der Waals surface area contributed by atoms with E-state index in [1.165, 1.54) is 0 Å². The normalized spacial score (nSPS) is 10.3. The van der Waals surface area contributed by atoms with Gasteiger partial charge >= 0.3 is 0 Å². The van der Waals surface area contributed by atoms with Gasteiger partial charge in [-0.2, -0.15) is 0 Å². The van der Waals surface area contributed by atoms with E-state index in [1.54, 1.807) is 25.3 Å². The number of anilines is 1. The van der Waals surface area contributed by atoms with Crippen LogP contribution in [0.2, 0.25) is 5.02 Å². The molecular formula is C15H13BrClNO2. The van der Waals surface area contributed by atoms with Crippen LogP contribution in [0, 0.1) is 0 Å². The van der Waals surface area contributed by atoms with Crippen LogP contribution in [0.15, 0.2) is 46.9 Å². The van der Waals surface area contributed by atoms with Crippen LogP contribution >= 0.6 is 27.5 Å². The molecule has 1 N–H and O–H groups in total. The van der Waals surface area contributed by atoms with Crippen LogP contribution in [0.4, 0.5) is 5.69 Å². The Bertz CT molecular complexity index is 631. The summed E-state index contributed by atoms with van der Waals surface area (Å²) in [4.78, 5) is 12.2. The van der Waals surface area contributed by atoms with Crippen molar-refractivity contribution >= 4 is 39.1 Å². The Morgan fingerprint density at radius 1 is 1.30 bits per heavy atom. The van der Waals surface area contributed by atoms with Gasteiger partial charge in [-0.25, -0.2) is 0 Å². The van der Waals surface area contributed by atoms with Crippen molar-refractivity contribution < 1.29 is 9.53 Å². The number of hydrogen-bond donors (Lipinski definition) is 1. The van der Waals surface area contributed by atoms with E-state index in [9.17, 15) is 4.79 Å². The van der Waals surface area contributed by atoms with Crippen LogP contribution in [-0.4, -0.2) is 13.0 Å². The van der Waals surface area contributed by atoms with Gasteiger partial charge in [-0.3, -0.25) is 4.79 Å². The number of carbonyl (C=O) groups excluding carboxylic acids is 1. The zero-order valence-corrected chi connectivity index (χ0v) is 13.2. The first-order valence-electron chi connectivity index (χ1n) is 5.95. The Kier molecular flexibility index (Phi) is 5.17. The summed E-state index contributed by atoms with van der Waals surface area (Å²) in [5.74, 6) is -0.189. The molecule has 3 nitrogen and oxygen atoms in total. The minimum atomic E-state index is -0.189. The van der Waals surface area contributed by atoms with Crippen molar-refractivity contribution in [2.45, 2.75) is 6.61 Å². The first kappa shape index (κ1) is 15.0. The van der Waals surface area contributed by atoms with Crippen molar-refractivity contribution in [2.24, 2.45) is 0 Å². The van der Waals surface area contributed by atoms with Gasteiger partial charge in [0, 0.05) is 28.4 Å². The number of rotatable bonds is 4. The van der Waals surface area contributed by atoms with E-state index in [1.807, 2.05) is 24.3 Å². The number of amides is 1. The number of para-hydroxylation sites is 1. The lowest BCUT2D eigenvalue weighted by molar-refractivity contribution is 0.102. The summed E-state index contributed by atoms with van der Waals surface area (Å²) in [5, 5.41) is 3.45. The maximum absolute atomic E-state index is 12.2. The molecule has 0 aromatic heterocycles. The molecule has 0 saturated heterocycles. The monoisotopic (exact) mass is 353 g/mol. The molecule has 0 atom stereocenters. The first-order valence-corrected chi connectivity index (χ1v) is 7.12. The highest BCUT2D eigenvalue weighted by Crippen LogP contribution is 2.24. The van der Waals surface area contributed by atoms with Gasteiger partial charge in [0.05, 0.1) is 11.6 Å². The minimum Gasteiger partial charge on any atom is -0.380 e. The van der Waals surface area contributed by atoms with E-state index in [0.717, 1.165) is 11.3 Å². The third-order valence-corrected chi connectivity index (χ3v) is 3.96. The molecule has 0 aliphatic carbocycles. The van der Waals surface area contributed by atoms with E-state index in [4.69, 9.17) is 16.3 Å². The number of nitrogens with one attached hydrogen (secondary N) is 1. The molecule has 0 fully saturated rings. The largest absolute Gasteiger partial charge is 0.380 e. The lowest BCUT2D eigenvalue weighted by Crippen LogP contribution is -2.13. The smallest absolute Gasteiger partial charge is 0.255 e. The summed E-state index contributed by atoms with van der Waals surface area (Å²) in [5.41, 5.74) is 2.20. The van der Waals surface area contributed by atoms with Gasteiger partial charge in [0.25, 0.3) is 5.91 Å². The third kappa shape index (κ3) is 3.60. The topological polar surface area (TPSA) is 38.3 Å². The van der Waals surface area contributed by atoms with Gasteiger partial charge in [-0.05, 0) is 40.2 Å². The Balaban J connectivity index is 2.21. The first-order chi connectivity index (χ1) is 9.61. The Labute approximate surface area is 131 Å². The van der Waals surface area contributed by atoms with Crippen LogP contribution in [0.3, 0.4) is 0 Å². The predicted molar refractivity (Wildman–Crippen MR) is 84.3 cm³/mol. The molecule has 20 heavy (non-hydrogen) atoms. The molecule has 0 unspecified atom stereocenters. The summed E-state index contributed by atoms with van der Waals surface area (Å²) in [6.07, 6.45) is 0. The molecule has 104 valence electrons. The number of ether oxygens (including phenoxy) is 1. The predicted octanol–water partition coefficient (Wildman–Crippen LogP) is 4.50. The molecule has 2 aromatic rings. The summed E-state index contributed by atoms with van der Waals surface area (Å²) < 4.78 is 5.81. The number of benzene rings is 2. The van der Waals surface area contributed by atoms with E-state index in [0.29, 0.717) is 21.7 Å². The Hall–Kier alpha value is -1.36. The number of carbonyl (C=O) groups is 1. The molecule has 0 aliphatic heterocycles. The van der Waals surface area contributed by atoms with Crippen molar-refractivity contribution in [3.8, 4) is 0 Å². The van der Waals surface area contributed by atoms with Crippen LogP contribution in [0.5, 0.6) is 0 Å². The molecule has 0 saturated carbocycles. The molecular weight excluding hydrogens is 342 g/mol. The zero-order chi connectivity index (χ0) is 14.5. The van der Waals surface area contributed by atoms with E-state index < -0.39 is 0 Å². The van der Waals surface area contributed by atoms with Gasteiger partial charge in [0.2, 0.25) is 0 Å². The molecule has 0 bridgehead atoms. The summed E-state index contributed by atoms with van der Waals surface area (Å²) in [7, 11) is 1.62. The molecule has 1 amide bonds. The Morgan fingerprint density at radius 3 is 2.75 bits per heavy atom. The highest BCUT2D eigenvalue weighted by Gasteiger charge is 2.10. The second-order valence-electron chi connectivity index (χ2n) is 4.17. The molecule has 0 spiro atoms. The van der Waals surface area contributed by atoms with Crippen molar-refractivity contribution in [2.75, 3.05) is 12.4 Å². The van der Waals surface area contributed by atoms with Crippen LogP contribution in [-0.2, 0) is 11.3 Å². The molecule has 0 heterocycles. The second-order valence-corrected chi connectivity index (χ2v) is 5.43. The highest BCUT2D eigenvalue weighted by atomic mass is 79.9. The van der Waals surface area contributed by atoms with Crippen molar-refractivity contribution in [3.05, 3.63) is 63.1 Å². The highest BCUT2D eigenvalue weighted by molar-refractivity contribution is 9.10. The zero-order valence-electron chi connectivity index (χ0n) is 10.8. The lowest BCUT2D eigenvalue weighted by Gasteiger charge is -2.10. The van der Waals surface area contributed by atoms with Gasteiger partial charge in [-0.1, -0.05) is 29.8 Å². The lowest BCUT2D eigenvalue weighted by atomic mass is 10.1. The molecule has 0 aliphatic rings. The van der Waals surface area contributed by atoms with Crippen molar-refractivity contribution in [1.82, 2.24) is 0 Å². The average molecular weight is 355 g/mol. The van der Waals surface area contributed by atoms with Gasteiger partial charge in [-0.15, -0.1) is 0 Å². The quantitative estimate of drug-likeness (QED) is 0.878. The molecule has 0 radical (unpaired) electrons. The van der Waals surface area contributed by atoms with Gasteiger partial charge in [0.15, 0.2) is 0 Å². The van der Waals surface area contributed by atoms with Gasteiger partial charge < -0.3 is 10.1 Å². The fourth-order valence-corrected chi connectivity index (χ4v) is 2.25. The second kappa shape index (κ2) is 6.88. The molecule has 5 heteroatoms. The number of methoxy groups -OCH3 is 1. The van der Waals surface area contributed by atoms with Crippen molar-refractivity contribution in [3.63, 3.8) is 0 Å². The fourth-order valence-electron chi connectivity index (χ4n) is 1.76. The standard InChI is InChI=1S/C15H13BrClNO2/c1-20-9-11-4-2-3-5-14(11)18-15(19)10-6-7-13(17)12(16)8-10/h2-8H,9H2,1H3,(H,18,19). The summed E-state index contributed by atoms with van der Waals surface area (Å²) in [6.45, 7) is 0.445. The Morgan fingerprint density at radius 2 is 2.05 bits per heavy atom. The minimum absolute atomic E-state index is 0.189. The van der Waals surface area contributed by atoms with E-state index in [-0.39, 0.29) is 5.91 Å². The molecule has 2 aromatic carbocycles. The maximum Gasteiger partial charge on any atom is 0.255 e. The van der Waals surface area contributed by atoms with Crippen LogP contribution in [0.1, 0.15) is 15.9 Å². The van der Waals surface area contributed by atoms with Crippen LogP contribution in [0.25, 0.3) is 0 Å². The van der Waals surface area contributed by atoms with Crippen molar-refractivity contribution in [1.29, 1.82) is 0 Å². The summed E-state index contributed by atoms with van der Waals surface area (Å²) >= 11 is 9.22. The fraction of sp³-hybridized carbons (Fsp3) is 0.133. The third-order valence-electron chi connectivity index (χ3n) is 2.75. The van der Waals surface area contributed by atoms with E-state index in [2.05, 4.69) is 21.2 Å². The van der Waals surface area contributed by atoms with Gasteiger partial charge in [0.1, 0.15) is 0 Å². The SMILES string of the molecule is COCc1ccccc1NC(=O)c1ccc(Cl)c(Br)c1. The maximum atomic E-state index is 12.2. The molecule has 2 rings (SSSR count). The number of hydrogen-bond acceptors (Lipinski definition) is 2. The summed E-state index contributed by atoms with van der Waals surface area (Å²) in [6, 6.07) is 12.6. The van der Waals surface area contributed by atoms with E-state index >= 15 is 0 Å².